The summed E-state index contributed by atoms with van der Waals surface area (Å²) in [5.41, 5.74) is 2.23. The molecule has 31 heavy (non-hydrogen) atoms. The summed E-state index contributed by atoms with van der Waals surface area (Å²) in [5, 5.41) is 6.22. The second-order valence-electron chi connectivity index (χ2n) is 7.96. The van der Waals surface area contributed by atoms with Crippen LogP contribution in [0.1, 0.15) is 42.9 Å². The first-order valence-corrected chi connectivity index (χ1v) is 10.7. The maximum atomic E-state index is 13.8. The molecule has 6 nitrogen and oxygen atoms in total. The highest BCUT2D eigenvalue weighted by Gasteiger charge is 2.35. The number of hydrogen-bond acceptors (Lipinski definition) is 5. The lowest BCUT2D eigenvalue weighted by molar-refractivity contribution is -0.134. The third-order valence-corrected chi connectivity index (χ3v) is 5.93. The Labute approximate surface area is 182 Å². The summed E-state index contributed by atoms with van der Waals surface area (Å²) >= 11 is 0. The largest absolute Gasteiger partial charge is 0.497 e. The summed E-state index contributed by atoms with van der Waals surface area (Å²) in [5.74, 6) is 0.930. The fourth-order valence-corrected chi connectivity index (χ4v) is 4.30. The van der Waals surface area contributed by atoms with E-state index in [-0.39, 0.29) is 17.8 Å². The number of hydrogen-bond donors (Lipinski definition) is 0. The number of carbonyl (C=O) groups is 1. The van der Waals surface area contributed by atoms with Gasteiger partial charge in [0.2, 0.25) is 0 Å². The van der Waals surface area contributed by atoms with Gasteiger partial charge in [0.1, 0.15) is 17.3 Å². The number of ether oxygens (including phenoxy) is 2. The molecule has 1 unspecified atom stereocenters. The van der Waals surface area contributed by atoms with Crippen LogP contribution < -0.4 is 9.47 Å². The molecular weight excluding hydrogens is 397 g/mol. The molecule has 2 aliphatic rings. The van der Waals surface area contributed by atoms with Gasteiger partial charge in [0, 0.05) is 23.6 Å². The van der Waals surface area contributed by atoms with E-state index in [2.05, 4.69) is 10.0 Å². The fourth-order valence-electron chi connectivity index (χ4n) is 4.30. The summed E-state index contributed by atoms with van der Waals surface area (Å²) in [7, 11) is 3.20. The number of piperidine rings is 1. The molecule has 164 valence electrons. The number of carbonyl (C=O) groups excluding carboxylic acids is 1. The molecule has 2 aromatic carbocycles. The Hall–Kier alpha value is -2.93. The summed E-state index contributed by atoms with van der Waals surface area (Å²) in [6.07, 6.45) is 3.92. The summed E-state index contributed by atoms with van der Waals surface area (Å²) in [4.78, 5) is 15.5. The minimum Gasteiger partial charge on any atom is -0.497 e. The van der Waals surface area contributed by atoms with Crippen LogP contribution in [0.15, 0.2) is 47.6 Å². The van der Waals surface area contributed by atoms with Gasteiger partial charge in [-0.3, -0.25) is 9.69 Å². The third-order valence-electron chi connectivity index (χ3n) is 5.93. The van der Waals surface area contributed by atoms with Gasteiger partial charge in [-0.25, -0.2) is 9.40 Å². The molecule has 0 N–H and O–H groups in total. The zero-order chi connectivity index (χ0) is 21.8. The van der Waals surface area contributed by atoms with Crippen molar-refractivity contribution in [1.29, 1.82) is 0 Å². The Bertz CT molecular complexity index is 972. The first-order valence-electron chi connectivity index (χ1n) is 10.7. The molecule has 7 heteroatoms. The Morgan fingerprint density at radius 1 is 1.10 bits per heavy atom. The van der Waals surface area contributed by atoms with Crippen LogP contribution in [-0.2, 0) is 4.79 Å². The van der Waals surface area contributed by atoms with Crippen LogP contribution in [-0.4, -0.2) is 55.4 Å². The van der Waals surface area contributed by atoms with Gasteiger partial charge in [-0.2, -0.15) is 5.10 Å². The van der Waals surface area contributed by atoms with Crippen LogP contribution in [0.25, 0.3) is 0 Å². The van der Waals surface area contributed by atoms with Crippen molar-refractivity contribution < 1.29 is 18.7 Å². The molecule has 1 atom stereocenters. The SMILES string of the molecule is COc1ccc(C2CC(c3cccc(F)c3)=NN2C(=O)CN2CCCCC2)c(OC)c1. The molecule has 1 amide bonds. The maximum absolute atomic E-state index is 13.8. The number of amides is 1. The van der Waals surface area contributed by atoms with Gasteiger partial charge in [0.05, 0.1) is 32.5 Å². The quantitative estimate of drug-likeness (QED) is 0.702. The highest BCUT2D eigenvalue weighted by atomic mass is 19.1. The Balaban J connectivity index is 1.66. The maximum Gasteiger partial charge on any atom is 0.257 e. The van der Waals surface area contributed by atoms with E-state index in [0.717, 1.165) is 31.5 Å². The van der Waals surface area contributed by atoms with Gasteiger partial charge in [0.25, 0.3) is 5.91 Å². The standard InChI is InChI=1S/C24H28FN3O3/c1-30-19-9-10-20(23(14-19)31-2)22-15-21(17-7-6-8-18(25)13-17)26-28(22)24(29)16-27-11-4-3-5-12-27/h6-10,13-14,22H,3-5,11-12,15-16H2,1-2H3. The molecule has 1 saturated heterocycles. The Kier molecular flexibility index (Phi) is 6.51. The molecule has 2 heterocycles. The number of methoxy groups -OCH3 is 2. The average molecular weight is 426 g/mol. The van der Waals surface area contributed by atoms with E-state index in [1.807, 2.05) is 24.3 Å². The van der Waals surface area contributed by atoms with E-state index in [0.29, 0.717) is 35.7 Å². The van der Waals surface area contributed by atoms with Crippen molar-refractivity contribution >= 4 is 11.6 Å². The fraction of sp³-hybridized carbons (Fsp3) is 0.417. The lowest BCUT2D eigenvalue weighted by atomic mass is 9.97. The van der Waals surface area contributed by atoms with Crippen LogP contribution in [0.3, 0.4) is 0 Å². The Morgan fingerprint density at radius 3 is 2.61 bits per heavy atom. The van der Waals surface area contributed by atoms with Crippen molar-refractivity contribution in [2.45, 2.75) is 31.7 Å². The Morgan fingerprint density at radius 2 is 1.90 bits per heavy atom. The number of rotatable bonds is 6. The zero-order valence-corrected chi connectivity index (χ0v) is 18.0. The van der Waals surface area contributed by atoms with Crippen molar-refractivity contribution in [3.05, 3.63) is 59.4 Å². The van der Waals surface area contributed by atoms with E-state index in [9.17, 15) is 9.18 Å². The van der Waals surface area contributed by atoms with Crippen molar-refractivity contribution in [2.24, 2.45) is 5.10 Å². The van der Waals surface area contributed by atoms with Crippen molar-refractivity contribution in [1.82, 2.24) is 9.91 Å². The number of benzene rings is 2. The minimum atomic E-state index is -0.323. The molecule has 1 fully saturated rings. The molecule has 2 aromatic rings. The normalized spacial score (nSPS) is 19.3. The lowest BCUT2D eigenvalue weighted by Gasteiger charge is -2.29. The van der Waals surface area contributed by atoms with Gasteiger partial charge < -0.3 is 9.47 Å². The van der Waals surface area contributed by atoms with Gasteiger partial charge in [-0.15, -0.1) is 0 Å². The molecule has 0 saturated carbocycles. The molecule has 4 rings (SSSR count). The van der Waals surface area contributed by atoms with Crippen molar-refractivity contribution in [2.75, 3.05) is 33.9 Å². The number of nitrogens with zero attached hydrogens (tertiary/aromatic N) is 3. The number of halogens is 1. The molecule has 0 aliphatic carbocycles. The average Bonchev–Trinajstić information content (AvgIpc) is 3.25. The van der Waals surface area contributed by atoms with Crippen LogP contribution in [0.5, 0.6) is 11.5 Å². The van der Waals surface area contributed by atoms with E-state index < -0.39 is 0 Å². The molecule has 0 spiro atoms. The molecular formula is C24H28FN3O3. The molecule has 2 aliphatic heterocycles. The molecule has 0 radical (unpaired) electrons. The zero-order valence-electron chi connectivity index (χ0n) is 18.0. The van der Waals surface area contributed by atoms with E-state index in [1.165, 1.54) is 18.6 Å². The number of likely N-dealkylation sites (tertiary alicyclic amines) is 1. The van der Waals surface area contributed by atoms with Crippen molar-refractivity contribution in [3.8, 4) is 11.5 Å². The van der Waals surface area contributed by atoms with Gasteiger partial charge in [0.15, 0.2) is 0 Å². The van der Waals surface area contributed by atoms with Crippen molar-refractivity contribution in [3.63, 3.8) is 0 Å². The minimum absolute atomic E-state index is 0.0591. The molecule has 0 bridgehead atoms. The van der Waals surface area contributed by atoms with Gasteiger partial charge in [-0.1, -0.05) is 18.6 Å². The predicted octanol–water partition coefficient (Wildman–Crippen LogP) is 4.01. The van der Waals surface area contributed by atoms with E-state index in [4.69, 9.17) is 9.47 Å². The topological polar surface area (TPSA) is 54.4 Å². The van der Waals surface area contributed by atoms with Crippen LogP contribution in [0.2, 0.25) is 0 Å². The van der Waals surface area contributed by atoms with Gasteiger partial charge in [-0.05, 0) is 50.2 Å². The number of hydrazone groups is 1. The first kappa shape index (κ1) is 21.3. The van der Waals surface area contributed by atoms with Crippen LogP contribution in [0, 0.1) is 5.82 Å². The van der Waals surface area contributed by atoms with Crippen LogP contribution >= 0.6 is 0 Å². The highest BCUT2D eigenvalue weighted by Crippen LogP contribution is 2.39. The lowest BCUT2D eigenvalue weighted by Crippen LogP contribution is -2.40. The summed E-state index contributed by atoms with van der Waals surface area (Å²) < 4.78 is 24.7. The van der Waals surface area contributed by atoms with Crippen LogP contribution in [0.4, 0.5) is 4.39 Å². The van der Waals surface area contributed by atoms with E-state index >= 15 is 0 Å². The summed E-state index contributed by atoms with van der Waals surface area (Å²) in [6, 6.07) is 11.6. The highest BCUT2D eigenvalue weighted by molar-refractivity contribution is 6.03. The smallest absolute Gasteiger partial charge is 0.257 e. The monoisotopic (exact) mass is 425 g/mol. The third kappa shape index (κ3) is 4.71. The molecule has 0 aromatic heterocycles. The second-order valence-corrected chi connectivity index (χ2v) is 7.96. The predicted molar refractivity (Wildman–Crippen MR) is 117 cm³/mol. The van der Waals surface area contributed by atoms with Gasteiger partial charge >= 0.3 is 0 Å². The second kappa shape index (κ2) is 9.47. The summed E-state index contributed by atoms with van der Waals surface area (Å²) in [6.45, 7) is 2.18. The first-order chi connectivity index (χ1) is 15.1. The van der Waals surface area contributed by atoms with E-state index in [1.54, 1.807) is 25.3 Å².